The zero-order chi connectivity index (χ0) is 27.4. The zero-order valence-electron chi connectivity index (χ0n) is 22.9. The number of aromatic nitrogens is 2. The Bertz CT molecular complexity index is 1360. The Labute approximate surface area is 224 Å². The van der Waals surface area contributed by atoms with Gasteiger partial charge >= 0.3 is 0 Å². The van der Waals surface area contributed by atoms with Crippen molar-refractivity contribution in [1.29, 1.82) is 0 Å². The third-order valence-corrected chi connectivity index (χ3v) is 9.82. The van der Waals surface area contributed by atoms with Gasteiger partial charge < -0.3 is 15.1 Å². The third-order valence-electron chi connectivity index (χ3n) is 8.20. The molecule has 0 unspecified atom stereocenters. The molecule has 0 spiro atoms. The van der Waals surface area contributed by atoms with Gasteiger partial charge in [-0.1, -0.05) is 6.08 Å². The molecule has 1 saturated carbocycles. The fourth-order valence-corrected chi connectivity index (χ4v) is 7.32. The number of benzene rings is 1. The lowest BCUT2D eigenvalue weighted by atomic mass is 10.1. The van der Waals surface area contributed by atoms with Crippen LogP contribution in [0.25, 0.3) is 10.9 Å². The molecular formula is C27H39FN6O3S. The van der Waals surface area contributed by atoms with Crippen LogP contribution in [0.4, 0.5) is 10.1 Å². The molecule has 2 aliphatic heterocycles. The molecule has 1 aromatic heterocycles. The van der Waals surface area contributed by atoms with E-state index in [0.29, 0.717) is 24.1 Å². The first-order chi connectivity index (χ1) is 17.9. The van der Waals surface area contributed by atoms with Crippen molar-refractivity contribution in [3.8, 4) is 0 Å². The Hall–Kier alpha value is -2.50. The number of halogens is 1. The van der Waals surface area contributed by atoms with Crippen LogP contribution in [0.15, 0.2) is 34.9 Å². The lowest BCUT2D eigenvalue weighted by Gasteiger charge is -2.38. The van der Waals surface area contributed by atoms with Crippen molar-refractivity contribution in [3.63, 3.8) is 0 Å². The molecule has 0 bridgehead atoms. The predicted molar refractivity (Wildman–Crippen MR) is 147 cm³/mol. The maximum absolute atomic E-state index is 14.0. The number of alkyl halides is 1. The van der Waals surface area contributed by atoms with Crippen LogP contribution in [0, 0.1) is 0 Å². The van der Waals surface area contributed by atoms with Gasteiger partial charge in [0.25, 0.3) is 0 Å². The highest BCUT2D eigenvalue weighted by Crippen LogP contribution is 2.39. The SMILES string of the molecule is C/C=C(\C)C(=O)N1C[C@H](n2ncc3c(N4C[C@H](C)N[C@@H](C)C4)cc(S(=O)(=O)NC4(C)CC4)cc32)C[C@H]1CF. The van der Waals surface area contributed by atoms with Crippen molar-refractivity contribution in [2.75, 3.05) is 31.2 Å². The minimum atomic E-state index is -3.77. The van der Waals surface area contributed by atoms with E-state index in [1.54, 1.807) is 47.8 Å². The van der Waals surface area contributed by atoms with Crippen LogP contribution in [-0.2, 0) is 14.8 Å². The molecule has 1 aliphatic carbocycles. The van der Waals surface area contributed by atoms with Gasteiger partial charge in [-0.15, -0.1) is 0 Å². The van der Waals surface area contributed by atoms with E-state index in [-0.39, 0.29) is 28.9 Å². The molecule has 5 rings (SSSR count). The number of fused-ring (bicyclic) bond motifs is 1. The van der Waals surface area contributed by atoms with E-state index in [2.05, 4.69) is 28.8 Å². The van der Waals surface area contributed by atoms with E-state index in [1.165, 1.54) is 0 Å². The minimum absolute atomic E-state index is 0.177. The number of hydrogen-bond donors (Lipinski definition) is 2. The number of anilines is 1. The Morgan fingerprint density at radius 3 is 2.53 bits per heavy atom. The highest BCUT2D eigenvalue weighted by atomic mass is 32.2. The van der Waals surface area contributed by atoms with E-state index in [9.17, 15) is 17.6 Å². The standard InChI is InChI=1S/C27H39FN6O3S/c1-6-17(2)26(35)33-16-21(9-20(33)12-28)34-25-11-22(38(36,37)31-27(5)7-8-27)10-24(23(25)13-29-34)32-14-18(3)30-19(4)15-32/h6,10-11,13,18-21,30-31H,7-9,12,14-16H2,1-5H3/b17-6+/t18-,19-,20-,21+/m0/s1. The fraction of sp³-hybridized carbons (Fsp3) is 0.630. The molecule has 2 saturated heterocycles. The van der Waals surface area contributed by atoms with Crippen LogP contribution in [0.3, 0.4) is 0 Å². The number of sulfonamides is 1. The summed E-state index contributed by atoms with van der Waals surface area (Å²) < 4.78 is 45.7. The molecular weight excluding hydrogens is 507 g/mol. The summed E-state index contributed by atoms with van der Waals surface area (Å²) in [7, 11) is -3.77. The first kappa shape index (κ1) is 27.1. The van der Waals surface area contributed by atoms with Crippen molar-refractivity contribution < 1.29 is 17.6 Å². The summed E-state index contributed by atoms with van der Waals surface area (Å²) in [6, 6.07) is 3.12. The second-order valence-corrected chi connectivity index (χ2v) is 13.3. The number of carbonyl (C=O) groups excluding carboxylic acids is 1. The van der Waals surface area contributed by atoms with Gasteiger partial charge in [-0.2, -0.15) is 5.10 Å². The monoisotopic (exact) mass is 546 g/mol. The molecule has 11 heteroatoms. The van der Waals surface area contributed by atoms with Gasteiger partial charge in [0.2, 0.25) is 15.9 Å². The summed E-state index contributed by atoms with van der Waals surface area (Å²) in [5, 5.41) is 9.08. The average molecular weight is 547 g/mol. The third kappa shape index (κ3) is 5.08. The molecule has 1 aromatic carbocycles. The maximum Gasteiger partial charge on any atom is 0.249 e. The second-order valence-electron chi connectivity index (χ2n) is 11.6. The van der Waals surface area contributed by atoms with Crippen LogP contribution in [0.1, 0.15) is 59.9 Å². The largest absolute Gasteiger partial charge is 0.368 e. The molecule has 3 aliphatic rings. The number of rotatable bonds is 7. The van der Waals surface area contributed by atoms with Gasteiger partial charge in [0.1, 0.15) is 6.67 Å². The van der Waals surface area contributed by atoms with Crippen LogP contribution in [-0.4, -0.2) is 79.0 Å². The van der Waals surface area contributed by atoms with E-state index in [0.717, 1.165) is 37.0 Å². The van der Waals surface area contributed by atoms with Crippen LogP contribution >= 0.6 is 0 Å². The van der Waals surface area contributed by atoms with E-state index in [1.807, 2.05) is 6.92 Å². The molecule has 0 radical (unpaired) electrons. The molecule has 208 valence electrons. The number of nitrogens with one attached hydrogen (secondary N) is 2. The fourth-order valence-electron chi connectivity index (χ4n) is 5.82. The first-order valence-electron chi connectivity index (χ1n) is 13.5. The van der Waals surface area contributed by atoms with Crippen molar-refractivity contribution >= 4 is 32.5 Å². The molecule has 9 nitrogen and oxygen atoms in total. The second kappa shape index (κ2) is 9.91. The number of piperazine rings is 1. The zero-order valence-corrected chi connectivity index (χ0v) is 23.7. The van der Waals surface area contributed by atoms with Gasteiger partial charge in [-0.3, -0.25) is 9.48 Å². The molecule has 1 amide bonds. The Morgan fingerprint density at radius 1 is 1.24 bits per heavy atom. The summed E-state index contributed by atoms with van der Waals surface area (Å²) in [5.74, 6) is -0.177. The average Bonchev–Trinajstić information content (AvgIpc) is 3.26. The van der Waals surface area contributed by atoms with Crippen LogP contribution in [0.5, 0.6) is 0 Å². The summed E-state index contributed by atoms with van der Waals surface area (Å²) in [6.07, 6.45) is 5.56. The van der Waals surface area contributed by atoms with Gasteiger partial charge in [0.05, 0.1) is 28.7 Å². The van der Waals surface area contributed by atoms with Gasteiger partial charge in [-0.05, 0) is 66.0 Å². The van der Waals surface area contributed by atoms with Crippen LogP contribution in [0.2, 0.25) is 0 Å². The Balaban J connectivity index is 1.59. The number of likely N-dealkylation sites (tertiary alicyclic amines) is 1. The predicted octanol–water partition coefficient (Wildman–Crippen LogP) is 3.13. The van der Waals surface area contributed by atoms with Crippen molar-refractivity contribution in [1.82, 2.24) is 24.7 Å². The molecule has 2 aromatic rings. The quantitative estimate of drug-likeness (QED) is 0.518. The summed E-state index contributed by atoms with van der Waals surface area (Å²) in [4.78, 5) is 16.9. The highest BCUT2D eigenvalue weighted by Gasteiger charge is 2.42. The van der Waals surface area contributed by atoms with Gasteiger partial charge in [0, 0.05) is 53.9 Å². The smallest absolute Gasteiger partial charge is 0.249 e. The van der Waals surface area contributed by atoms with Crippen LogP contribution < -0.4 is 14.9 Å². The topological polar surface area (TPSA) is 99.6 Å². The molecule has 3 fully saturated rings. The van der Waals surface area contributed by atoms with E-state index < -0.39 is 28.3 Å². The first-order valence-corrected chi connectivity index (χ1v) is 15.0. The van der Waals surface area contributed by atoms with Crippen molar-refractivity contribution in [2.45, 2.75) is 88.5 Å². The Kier molecular flexibility index (Phi) is 7.06. The number of carbonyl (C=O) groups is 1. The van der Waals surface area contributed by atoms with Gasteiger partial charge in [0.15, 0.2) is 0 Å². The van der Waals surface area contributed by atoms with E-state index in [4.69, 9.17) is 5.10 Å². The summed E-state index contributed by atoms with van der Waals surface area (Å²) in [6.45, 7) is 10.8. The molecule has 4 atom stereocenters. The Morgan fingerprint density at radius 2 is 1.92 bits per heavy atom. The lowest BCUT2D eigenvalue weighted by molar-refractivity contribution is -0.128. The van der Waals surface area contributed by atoms with E-state index >= 15 is 0 Å². The van der Waals surface area contributed by atoms with Crippen molar-refractivity contribution in [2.24, 2.45) is 0 Å². The van der Waals surface area contributed by atoms with Crippen molar-refractivity contribution in [3.05, 3.63) is 30.0 Å². The molecule has 3 heterocycles. The maximum atomic E-state index is 14.0. The molecule has 38 heavy (non-hydrogen) atoms. The lowest BCUT2D eigenvalue weighted by Crippen LogP contribution is -2.54. The number of hydrogen-bond acceptors (Lipinski definition) is 6. The number of allylic oxidation sites excluding steroid dienone is 1. The normalized spacial score (nSPS) is 27.8. The highest BCUT2D eigenvalue weighted by molar-refractivity contribution is 7.89. The minimum Gasteiger partial charge on any atom is -0.368 e. The number of amides is 1. The summed E-state index contributed by atoms with van der Waals surface area (Å²) >= 11 is 0. The molecule has 2 N–H and O–H groups in total. The number of nitrogens with zero attached hydrogens (tertiary/aromatic N) is 4. The van der Waals surface area contributed by atoms with Gasteiger partial charge in [-0.25, -0.2) is 17.5 Å². The summed E-state index contributed by atoms with van der Waals surface area (Å²) in [5.41, 5.74) is 1.68.